The summed E-state index contributed by atoms with van der Waals surface area (Å²) in [6.07, 6.45) is 9.78. The molecule has 62 valence electrons. The highest BCUT2D eigenvalue weighted by atomic mass is 16.6. The summed E-state index contributed by atoms with van der Waals surface area (Å²) in [6.45, 7) is 0.489. The van der Waals surface area contributed by atoms with Crippen LogP contribution in [0.4, 0.5) is 4.79 Å². The predicted octanol–water partition coefficient (Wildman–Crippen LogP) is 1.80. The van der Waals surface area contributed by atoms with Crippen molar-refractivity contribution in [3.8, 4) is 0 Å². The van der Waals surface area contributed by atoms with Crippen LogP contribution in [0.2, 0.25) is 0 Å². The first kappa shape index (κ1) is 7.16. The normalized spacial score (nSPS) is 21.2. The molecular weight excluding hydrogens is 154 g/mol. The van der Waals surface area contributed by atoms with Gasteiger partial charge in [0.1, 0.15) is 0 Å². The van der Waals surface area contributed by atoms with Crippen LogP contribution in [0.15, 0.2) is 36.2 Å². The summed E-state index contributed by atoms with van der Waals surface area (Å²) in [5, 5.41) is 0. The zero-order valence-electron chi connectivity index (χ0n) is 6.56. The van der Waals surface area contributed by atoms with Crippen molar-refractivity contribution in [3.05, 3.63) is 36.2 Å². The van der Waals surface area contributed by atoms with Crippen LogP contribution in [-0.2, 0) is 4.74 Å². The van der Waals surface area contributed by atoms with Crippen LogP contribution in [0.1, 0.15) is 6.42 Å². The molecule has 0 aromatic heterocycles. The molecule has 0 aliphatic carbocycles. The van der Waals surface area contributed by atoms with Crippen molar-refractivity contribution in [2.24, 2.45) is 0 Å². The fourth-order valence-corrected chi connectivity index (χ4v) is 1.24. The zero-order valence-corrected chi connectivity index (χ0v) is 6.56. The number of allylic oxidation sites excluding steroid dienone is 4. The molecule has 2 heterocycles. The van der Waals surface area contributed by atoms with Crippen LogP contribution in [0.3, 0.4) is 0 Å². The smallest absolute Gasteiger partial charge is 0.418 e. The molecule has 0 unspecified atom stereocenters. The van der Waals surface area contributed by atoms with Crippen LogP contribution in [0.25, 0.3) is 0 Å². The van der Waals surface area contributed by atoms with Crippen LogP contribution in [-0.4, -0.2) is 17.6 Å². The zero-order chi connectivity index (χ0) is 8.39. The van der Waals surface area contributed by atoms with Gasteiger partial charge in [-0.2, -0.15) is 0 Å². The summed E-state index contributed by atoms with van der Waals surface area (Å²) >= 11 is 0. The second kappa shape index (κ2) is 2.85. The maximum absolute atomic E-state index is 11.2. The van der Waals surface area contributed by atoms with Gasteiger partial charge in [-0.25, -0.2) is 4.79 Å². The van der Waals surface area contributed by atoms with Crippen molar-refractivity contribution in [1.29, 1.82) is 0 Å². The van der Waals surface area contributed by atoms with Crippen LogP contribution in [0, 0.1) is 0 Å². The number of carbonyl (C=O) groups excluding carboxylic acids is 1. The molecule has 0 aromatic carbocycles. The number of hydrogen-bond acceptors (Lipinski definition) is 2. The number of rotatable bonds is 0. The summed E-state index contributed by atoms with van der Waals surface area (Å²) in [6, 6.07) is 0. The summed E-state index contributed by atoms with van der Waals surface area (Å²) in [5.74, 6) is 0. The molecule has 2 aliphatic heterocycles. The van der Waals surface area contributed by atoms with Crippen molar-refractivity contribution in [2.45, 2.75) is 6.42 Å². The number of fused-ring (bicyclic) bond motifs is 1. The van der Waals surface area contributed by atoms with Crippen LogP contribution in [0.5, 0.6) is 0 Å². The lowest BCUT2D eigenvalue weighted by molar-refractivity contribution is 0.106. The molecule has 2 aliphatic rings. The summed E-state index contributed by atoms with van der Waals surface area (Å²) in [4.78, 5) is 12.7. The van der Waals surface area contributed by atoms with E-state index in [0.29, 0.717) is 6.61 Å². The summed E-state index contributed by atoms with van der Waals surface area (Å²) in [7, 11) is 0. The molecule has 1 saturated heterocycles. The average Bonchev–Trinajstić information content (AvgIpc) is 2.30. The Labute approximate surface area is 70.6 Å². The molecule has 0 radical (unpaired) electrons. The Morgan fingerprint density at radius 1 is 1.33 bits per heavy atom. The third kappa shape index (κ3) is 1.13. The second-order valence-corrected chi connectivity index (χ2v) is 2.62. The molecule has 0 atom stereocenters. The number of hydrogen-bond donors (Lipinski definition) is 0. The fourth-order valence-electron chi connectivity index (χ4n) is 1.24. The van der Waals surface area contributed by atoms with E-state index in [0.717, 1.165) is 12.1 Å². The number of amides is 1. The Morgan fingerprint density at radius 3 is 3.17 bits per heavy atom. The van der Waals surface area contributed by atoms with Crippen LogP contribution < -0.4 is 0 Å². The molecule has 0 saturated carbocycles. The third-order valence-electron chi connectivity index (χ3n) is 1.84. The number of cyclic esters (lactones) is 1. The van der Waals surface area contributed by atoms with Gasteiger partial charge in [0, 0.05) is 18.3 Å². The van der Waals surface area contributed by atoms with Gasteiger partial charge in [-0.15, -0.1) is 0 Å². The van der Waals surface area contributed by atoms with Gasteiger partial charge in [-0.1, -0.05) is 12.2 Å². The average molecular weight is 163 g/mol. The van der Waals surface area contributed by atoms with Gasteiger partial charge in [0.2, 0.25) is 0 Å². The number of ether oxygens (including phenoxy) is 1. The first-order chi connectivity index (χ1) is 5.88. The maximum atomic E-state index is 11.2. The molecular formula is C9H9NO2. The van der Waals surface area contributed by atoms with E-state index in [4.69, 9.17) is 4.74 Å². The van der Waals surface area contributed by atoms with Crippen molar-refractivity contribution in [1.82, 2.24) is 4.90 Å². The minimum Gasteiger partial charge on any atom is -0.449 e. The van der Waals surface area contributed by atoms with Crippen molar-refractivity contribution >= 4 is 6.09 Å². The lowest BCUT2D eigenvalue weighted by Crippen LogP contribution is -2.31. The second-order valence-electron chi connectivity index (χ2n) is 2.62. The number of nitrogens with zero attached hydrogens (tertiary/aromatic N) is 1. The first-order valence-corrected chi connectivity index (χ1v) is 3.88. The monoisotopic (exact) mass is 163 g/mol. The van der Waals surface area contributed by atoms with Gasteiger partial charge in [0.15, 0.2) is 0 Å². The van der Waals surface area contributed by atoms with E-state index >= 15 is 0 Å². The first-order valence-electron chi connectivity index (χ1n) is 3.88. The van der Waals surface area contributed by atoms with E-state index in [-0.39, 0.29) is 6.09 Å². The van der Waals surface area contributed by atoms with E-state index in [1.54, 1.807) is 6.20 Å². The topological polar surface area (TPSA) is 29.5 Å². The van der Waals surface area contributed by atoms with E-state index in [9.17, 15) is 4.79 Å². The molecule has 0 aromatic rings. The largest absolute Gasteiger partial charge is 0.449 e. The molecule has 0 spiro atoms. The Kier molecular flexibility index (Phi) is 1.70. The highest BCUT2D eigenvalue weighted by molar-refractivity contribution is 5.72. The highest BCUT2D eigenvalue weighted by Crippen LogP contribution is 2.18. The SMILES string of the molecule is O=C1OCCC2=CC=CC=CN12. The molecule has 0 N–H and O–H groups in total. The minimum absolute atomic E-state index is 0.285. The highest BCUT2D eigenvalue weighted by Gasteiger charge is 2.21. The van der Waals surface area contributed by atoms with Gasteiger partial charge >= 0.3 is 6.09 Å². The molecule has 1 fully saturated rings. The minimum atomic E-state index is -0.285. The van der Waals surface area contributed by atoms with Gasteiger partial charge in [-0.3, -0.25) is 4.90 Å². The van der Waals surface area contributed by atoms with E-state index in [1.165, 1.54) is 4.90 Å². The Bertz CT molecular complexity index is 289. The lowest BCUT2D eigenvalue weighted by atomic mass is 10.2. The Morgan fingerprint density at radius 2 is 2.25 bits per heavy atom. The quantitative estimate of drug-likeness (QED) is 0.545. The lowest BCUT2D eigenvalue weighted by Gasteiger charge is -2.25. The summed E-state index contributed by atoms with van der Waals surface area (Å²) < 4.78 is 4.87. The van der Waals surface area contributed by atoms with Crippen molar-refractivity contribution in [2.75, 3.05) is 6.61 Å². The van der Waals surface area contributed by atoms with E-state index in [1.807, 2.05) is 24.3 Å². The van der Waals surface area contributed by atoms with Crippen molar-refractivity contribution in [3.63, 3.8) is 0 Å². The molecule has 3 heteroatoms. The van der Waals surface area contributed by atoms with Gasteiger partial charge < -0.3 is 4.74 Å². The molecule has 3 nitrogen and oxygen atoms in total. The molecule has 12 heavy (non-hydrogen) atoms. The third-order valence-corrected chi connectivity index (χ3v) is 1.84. The number of carbonyl (C=O) groups is 1. The Balaban J connectivity index is 2.31. The fraction of sp³-hybridized carbons (Fsp3) is 0.222. The predicted molar refractivity (Wildman–Crippen MR) is 44.2 cm³/mol. The van der Waals surface area contributed by atoms with E-state index < -0.39 is 0 Å². The van der Waals surface area contributed by atoms with Crippen molar-refractivity contribution < 1.29 is 9.53 Å². The molecule has 1 amide bonds. The summed E-state index contributed by atoms with van der Waals surface area (Å²) in [5.41, 5.74) is 0.997. The molecule has 0 bridgehead atoms. The standard InChI is InChI=1S/C9H9NO2/c11-9-10-6-3-1-2-4-8(10)5-7-12-9/h1-4,6H,5,7H2. The maximum Gasteiger partial charge on any atom is 0.418 e. The van der Waals surface area contributed by atoms with Gasteiger partial charge in [0.25, 0.3) is 0 Å². The van der Waals surface area contributed by atoms with Gasteiger partial charge in [-0.05, 0) is 12.2 Å². The van der Waals surface area contributed by atoms with E-state index in [2.05, 4.69) is 0 Å². The van der Waals surface area contributed by atoms with Gasteiger partial charge in [0.05, 0.1) is 6.61 Å². The molecule has 2 rings (SSSR count). The van der Waals surface area contributed by atoms with Crippen LogP contribution >= 0.6 is 0 Å². The Hall–Kier alpha value is -1.51.